The van der Waals surface area contributed by atoms with Crippen LogP contribution in [0.2, 0.25) is 0 Å². The molecule has 2 rings (SSSR count). The van der Waals surface area contributed by atoms with Crippen LogP contribution >= 0.6 is 0 Å². The number of nitrogens with zero attached hydrogens (tertiary/aromatic N) is 1. The van der Waals surface area contributed by atoms with E-state index in [1.807, 2.05) is 5.32 Å². The normalized spacial score (nSPS) is 16.4. The van der Waals surface area contributed by atoms with Crippen molar-refractivity contribution < 1.29 is 27.9 Å². The Morgan fingerprint density at radius 1 is 1.23 bits per heavy atom. The molecule has 8 heteroatoms. The van der Waals surface area contributed by atoms with Crippen LogP contribution in [0.4, 0.5) is 13.2 Å². The second-order valence-electron chi connectivity index (χ2n) is 5.09. The summed E-state index contributed by atoms with van der Waals surface area (Å²) in [5.74, 6) is -2.28. The molecule has 2 amide bonds. The Morgan fingerprint density at radius 2 is 1.86 bits per heavy atom. The number of rotatable bonds is 2. The second-order valence-corrected chi connectivity index (χ2v) is 5.09. The molecule has 120 valence electrons. The number of benzene rings is 1. The number of amides is 2. The van der Waals surface area contributed by atoms with Gasteiger partial charge in [-0.05, 0) is 31.0 Å². The van der Waals surface area contributed by atoms with E-state index in [1.165, 1.54) is 17.0 Å². The summed E-state index contributed by atoms with van der Waals surface area (Å²) >= 11 is 0. The van der Waals surface area contributed by atoms with Crippen LogP contribution in [-0.2, 0) is 4.79 Å². The van der Waals surface area contributed by atoms with Gasteiger partial charge in [0, 0.05) is 24.7 Å². The van der Waals surface area contributed by atoms with Gasteiger partial charge in [0.05, 0.1) is 0 Å². The number of phenols is 1. The minimum Gasteiger partial charge on any atom is -0.508 e. The van der Waals surface area contributed by atoms with Crippen molar-refractivity contribution in [2.75, 3.05) is 13.1 Å². The highest BCUT2D eigenvalue weighted by atomic mass is 19.4. The molecular weight excluding hydrogens is 301 g/mol. The predicted molar refractivity (Wildman–Crippen MR) is 71.2 cm³/mol. The van der Waals surface area contributed by atoms with Crippen LogP contribution in [0.15, 0.2) is 24.3 Å². The number of alkyl halides is 3. The molecule has 1 saturated heterocycles. The Hall–Kier alpha value is -2.25. The van der Waals surface area contributed by atoms with E-state index in [9.17, 15) is 27.9 Å². The van der Waals surface area contributed by atoms with Gasteiger partial charge < -0.3 is 15.3 Å². The van der Waals surface area contributed by atoms with Gasteiger partial charge in [-0.25, -0.2) is 0 Å². The van der Waals surface area contributed by atoms with Crippen LogP contribution in [0.25, 0.3) is 0 Å². The van der Waals surface area contributed by atoms with E-state index in [-0.39, 0.29) is 37.6 Å². The van der Waals surface area contributed by atoms with Gasteiger partial charge in [0.1, 0.15) is 5.75 Å². The number of piperidine rings is 1. The lowest BCUT2D eigenvalue weighted by Gasteiger charge is -2.32. The molecule has 1 aliphatic heterocycles. The number of halogens is 3. The lowest BCUT2D eigenvalue weighted by molar-refractivity contribution is -0.174. The number of hydrogen-bond donors (Lipinski definition) is 2. The first-order valence-corrected chi connectivity index (χ1v) is 6.73. The van der Waals surface area contributed by atoms with Gasteiger partial charge >= 0.3 is 12.1 Å². The number of likely N-dealkylation sites (tertiary alicyclic amines) is 1. The third-order valence-corrected chi connectivity index (χ3v) is 3.47. The Morgan fingerprint density at radius 3 is 2.41 bits per heavy atom. The van der Waals surface area contributed by atoms with Crippen LogP contribution in [-0.4, -0.2) is 47.1 Å². The predicted octanol–water partition coefficient (Wildman–Crippen LogP) is 1.68. The van der Waals surface area contributed by atoms with Gasteiger partial charge in [-0.2, -0.15) is 13.2 Å². The molecule has 1 aliphatic rings. The summed E-state index contributed by atoms with van der Waals surface area (Å²) in [5.41, 5.74) is 0.317. The van der Waals surface area contributed by atoms with E-state index < -0.39 is 18.1 Å². The first kappa shape index (κ1) is 16.1. The van der Waals surface area contributed by atoms with Crippen molar-refractivity contribution in [3.8, 4) is 5.75 Å². The molecule has 0 bridgehead atoms. The van der Waals surface area contributed by atoms with Crippen LogP contribution in [0.1, 0.15) is 23.2 Å². The average Bonchev–Trinajstić information content (AvgIpc) is 2.46. The first-order chi connectivity index (χ1) is 10.3. The SMILES string of the molecule is O=C(c1cccc(O)c1)N1CCC(NC(=O)C(F)(F)F)CC1. The van der Waals surface area contributed by atoms with Crippen molar-refractivity contribution in [3.05, 3.63) is 29.8 Å². The van der Waals surface area contributed by atoms with Crippen LogP contribution in [0.3, 0.4) is 0 Å². The number of hydrogen-bond acceptors (Lipinski definition) is 3. The highest BCUT2D eigenvalue weighted by molar-refractivity contribution is 5.94. The maximum absolute atomic E-state index is 12.2. The Kier molecular flexibility index (Phi) is 4.58. The fourth-order valence-electron chi connectivity index (χ4n) is 2.32. The molecular formula is C14H15F3N2O3. The highest BCUT2D eigenvalue weighted by Gasteiger charge is 2.40. The molecule has 0 saturated carbocycles. The maximum atomic E-state index is 12.2. The van der Waals surface area contributed by atoms with Gasteiger partial charge in [0.25, 0.3) is 5.91 Å². The lowest BCUT2D eigenvalue weighted by Crippen LogP contribution is -2.49. The minimum absolute atomic E-state index is 0.0295. The van der Waals surface area contributed by atoms with E-state index in [0.717, 1.165) is 0 Å². The fourth-order valence-corrected chi connectivity index (χ4v) is 2.32. The number of nitrogens with one attached hydrogen (secondary N) is 1. The van der Waals surface area contributed by atoms with Crippen LogP contribution < -0.4 is 5.32 Å². The Labute approximate surface area is 124 Å². The van der Waals surface area contributed by atoms with Gasteiger partial charge in [0.2, 0.25) is 0 Å². The third-order valence-electron chi connectivity index (χ3n) is 3.47. The minimum atomic E-state index is -4.89. The molecule has 1 fully saturated rings. The van der Waals surface area contributed by atoms with Gasteiger partial charge in [0.15, 0.2) is 0 Å². The molecule has 22 heavy (non-hydrogen) atoms. The summed E-state index contributed by atoms with van der Waals surface area (Å²) in [5, 5.41) is 11.3. The lowest BCUT2D eigenvalue weighted by atomic mass is 10.0. The fraction of sp³-hybridized carbons (Fsp3) is 0.429. The van der Waals surface area contributed by atoms with E-state index in [4.69, 9.17) is 0 Å². The van der Waals surface area contributed by atoms with Crippen molar-refractivity contribution >= 4 is 11.8 Å². The quantitative estimate of drug-likeness (QED) is 0.872. The standard InChI is InChI=1S/C14H15F3N2O3/c15-14(16,17)13(22)18-10-4-6-19(7-5-10)12(21)9-2-1-3-11(20)8-9/h1-3,8,10,20H,4-7H2,(H,18,22). The number of phenolic OH excluding ortho intramolecular Hbond substituents is 1. The number of aromatic hydroxyl groups is 1. The van der Waals surface area contributed by atoms with Crippen molar-refractivity contribution in [2.45, 2.75) is 25.1 Å². The van der Waals surface area contributed by atoms with Gasteiger partial charge in [-0.3, -0.25) is 9.59 Å². The molecule has 2 N–H and O–H groups in total. The van der Waals surface area contributed by atoms with Crippen molar-refractivity contribution in [2.24, 2.45) is 0 Å². The number of carbonyl (C=O) groups excluding carboxylic acids is 2. The largest absolute Gasteiger partial charge is 0.508 e. The summed E-state index contributed by atoms with van der Waals surface area (Å²) in [6, 6.07) is 5.27. The maximum Gasteiger partial charge on any atom is 0.471 e. The zero-order valence-corrected chi connectivity index (χ0v) is 11.6. The summed E-state index contributed by atoms with van der Waals surface area (Å²) in [6.07, 6.45) is -4.38. The molecule has 1 heterocycles. The van der Waals surface area contributed by atoms with Crippen LogP contribution in [0.5, 0.6) is 5.75 Å². The summed E-state index contributed by atoms with van der Waals surface area (Å²) in [7, 11) is 0. The van der Waals surface area contributed by atoms with Crippen molar-refractivity contribution in [3.63, 3.8) is 0 Å². The van der Waals surface area contributed by atoms with Crippen molar-refractivity contribution in [1.82, 2.24) is 10.2 Å². The first-order valence-electron chi connectivity index (χ1n) is 6.73. The topological polar surface area (TPSA) is 69.6 Å². The Bertz CT molecular complexity index is 567. The van der Waals surface area contributed by atoms with E-state index in [1.54, 1.807) is 12.1 Å². The van der Waals surface area contributed by atoms with Crippen molar-refractivity contribution in [1.29, 1.82) is 0 Å². The molecule has 0 aromatic heterocycles. The number of carbonyl (C=O) groups is 2. The van der Waals surface area contributed by atoms with E-state index >= 15 is 0 Å². The van der Waals surface area contributed by atoms with E-state index in [0.29, 0.717) is 5.56 Å². The van der Waals surface area contributed by atoms with Crippen LogP contribution in [0, 0.1) is 0 Å². The summed E-state index contributed by atoms with van der Waals surface area (Å²) < 4.78 is 36.5. The molecule has 0 atom stereocenters. The molecule has 1 aromatic carbocycles. The summed E-state index contributed by atoms with van der Waals surface area (Å²) in [4.78, 5) is 24.5. The monoisotopic (exact) mass is 316 g/mol. The second kappa shape index (κ2) is 6.25. The van der Waals surface area contributed by atoms with Gasteiger partial charge in [-0.15, -0.1) is 0 Å². The molecule has 0 unspecified atom stereocenters. The Balaban J connectivity index is 1.89. The molecule has 0 radical (unpaired) electrons. The van der Waals surface area contributed by atoms with E-state index in [2.05, 4.69) is 0 Å². The highest BCUT2D eigenvalue weighted by Crippen LogP contribution is 2.19. The molecule has 5 nitrogen and oxygen atoms in total. The third kappa shape index (κ3) is 3.90. The smallest absolute Gasteiger partial charge is 0.471 e. The summed E-state index contributed by atoms with van der Waals surface area (Å²) in [6.45, 7) is 0.495. The van der Waals surface area contributed by atoms with Gasteiger partial charge in [-0.1, -0.05) is 6.07 Å². The zero-order valence-electron chi connectivity index (χ0n) is 11.6. The molecule has 0 spiro atoms. The molecule has 1 aromatic rings. The average molecular weight is 316 g/mol. The molecule has 0 aliphatic carbocycles. The zero-order chi connectivity index (χ0) is 16.3.